The van der Waals surface area contributed by atoms with Gasteiger partial charge in [0, 0.05) is 16.0 Å². The molecule has 1 aliphatic carbocycles. The van der Waals surface area contributed by atoms with Crippen molar-refractivity contribution in [1.82, 2.24) is 0 Å². The topological polar surface area (TPSA) is 43.4 Å². The van der Waals surface area contributed by atoms with Crippen molar-refractivity contribution >= 4 is 27.7 Å². The van der Waals surface area contributed by atoms with Crippen molar-refractivity contribution in [2.24, 2.45) is 11.8 Å². The van der Waals surface area contributed by atoms with E-state index in [1.165, 1.54) is 7.11 Å². The van der Waals surface area contributed by atoms with E-state index >= 15 is 0 Å². The minimum atomic E-state index is -0.272. The molecule has 0 amide bonds. The Kier molecular flexibility index (Phi) is 4.17. The highest BCUT2D eigenvalue weighted by atomic mass is 79.9. The van der Waals surface area contributed by atoms with Gasteiger partial charge in [-0.2, -0.15) is 0 Å². The van der Waals surface area contributed by atoms with Crippen LogP contribution in [0.1, 0.15) is 29.6 Å². The Morgan fingerprint density at radius 3 is 2.39 bits per heavy atom. The second-order valence-corrected chi connectivity index (χ2v) is 5.45. The number of carbonyl (C=O) groups is 2. The van der Waals surface area contributed by atoms with Crippen LogP contribution in [0.5, 0.6) is 0 Å². The van der Waals surface area contributed by atoms with E-state index in [9.17, 15) is 9.59 Å². The zero-order valence-electron chi connectivity index (χ0n) is 10.2. The fourth-order valence-electron chi connectivity index (χ4n) is 2.54. The maximum atomic E-state index is 12.4. The lowest BCUT2D eigenvalue weighted by Crippen LogP contribution is -2.26. The number of hydrogen-bond acceptors (Lipinski definition) is 3. The molecular formula is C14H15BrO3. The van der Waals surface area contributed by atoms with E-state index in [2.05, 4.69) is 15.9 Å². The molecule has 1 saturated carbocycles. The van der Waals surface area contributed by atoms with Crippen LogP contribution in [0.4, 0.5) is 0 Å². The highest BCUT2D eigenvalue weighted by Gasteiger charge is 2.38. The van der Waals surface area contributed by atoms with Crippen molar-refractivity contribution in [1.29, 1.82) is 0 Å². The van der Waals surface area contributed by atoms with Crippen LogP contribution < -0.4 is 0 Å². The van der Waals surface area contributed by atoms with Crippen LogP contribution in [0.3, 0.4) is 0 Å². The molecule has 1 fully saturated rings. The summed E-state index contributed by atoms with van der Waals surface area (Å²) in [7, 11) is 1.38. The van der Waals surface area contributed by atoms with Gasteiger partial charge in [0.2, 0.25) is 0 Å². The van der Waals surface area contributed by atoms with Gasteiger partial charge >= 0.3 is 5.97 Å². The van der Waals surface area contributed by atoms with Gasteiger partial charge in [0.15, 0.2) is 5.78 Å². The first-order valence-corrected chi connectivity index (χ1v) is 6.80. The SMILES string of the molecule is COC(=O)[C@H]1CCC[C@H]1C(=O)c1ccc(Br)cc1. The molecule has 0 saturated heterocycles. The van der Waals surface area contributed by atoms with E-state index in [-0.39, 0.29) is 23.6 Å². The summed E-state index contributed by atoms with van der Waals surface area (Å²) in [6.45, 7) is 0. The van der Waals surface area contributed by atoms with Crippen LogP contribution in [0.2, 0.25) is 0 Å². The summed E-state index contributed by atoms with van der Waals surface area (Å²) >= 11 is 3.34. The zero-order chi connectivity index (χ0) is 13.1. The maximum absolute atomic E-state index is 12.4. The third-order valence-electron chi connectivity index (χ3n) is 3.49. The molecule has 2 rings (SSSR count). The van der Waals surface area contributed by atoms with Crippen molar-refractivity contribution in [3.63, 3.8) is 0 Å². The van der Waals surface area contributed by atoms with E-state index in [1.807, 2.05) is 12.1 Å². The van der Waals surface area contributed by atoms with Gasteiger partial charge in [0.25, 0.3) is 0 Å². The predicted molar refractivity (Wildman–Crippen MR) is 71.3 cm³/mol. The molecule has 0 unspecified atom stereocenters. The zero-order valence-corrected chi connectivity index (χ0v) is 11.8. The number of ether oxygens (including phenoxy) is 1. The highest BCUT2D eigenvalue weighted by Crippen LogP contribution is 2.35. The highest BCUT2D eigenvalue weighted by molar-refractivity contribution is 9.10. The van der Waals surface area contributed by atoms with E-state index < -0.39 is 0 Å². The van der Waals surface area contributed by atoms with E-state index in [0.717, 1.165) is 23.7 Å². The van der Waals surface area contributed by atoms with Crippen molar-refractivity contribution in [3.8, 4) is 0 Å². The van der Waals surface area contributed by atoms with Crippen molar-refractivity contribution < 1.29 is 14.3 Å². The number of ketones is 1. The molecule has 0 heterocycles. The molecule has 1 aromatic carbocycles. The molecular weight excluding hydrogens is 296 g/mol. The molecule has 0 spiro atoms. The van der Waals surface area contributed by atoms with Gasteiger partial charge < -0.3 is 4.74 Å². The molecule has 0 N–H and O–H groups in total. The minimum Gasteiger partial charge on any atom is -0.469 e. The van der Waals surface area contributed by atoms with E-state index in [0.29, 0.717) is 5.56 Å². The largest absolute Gasteiger partial charge is 0.469 e. The van der Waals surface area contributed by atoms with Crippen molar-refractivity contribution in [2.75, 3.05) is 7.11 Å². The summed E-state index contributed by atoms with van der Waals surface area (Å²) in [4.78, 5) is 24.0. The lowest BCUT2D eigenvalue weighted by atomic mass is 9.88. The van der Waals surface area contributed by atoms with Crippen LogP contribution in [0.25, 0.3) is 0 Å². The molecule has 3 nitrogen and oxygen atoms in total. The van der Waals surface area contributed by atoms with Gasteiger partial charge in [-0.05, 0) is 25.0 Å². The third-order valence-corrected chi connectivity index (χ3v) is 4.01. The predicted octanol–water partition coefficient (Wildman–Crippen LogP) is 3.22. The van der Waals surface area contributed by atoms with Gasteiger partial charge in [-0.3, -0.25) is 9.59 Å². The monoisotopic (exact) mass is 310 g/mol. The van der Waals surface area contributed by atoms with Crippen LogP contribution in [0.15, 0.2) is 28.7 Å². The summed E-state index contributed by atoms with van der Waals surface area (Å²) in [5.41, 5.74) is 0.666. The fourth-order valence-corrected chi connectivity index (χ4v) is 2.80. The first-order valence-electron chi connectivity index (χ1n) is 6.01. The Morgan fingerprint density at radius 2 is 1.78 bits per heavy atom. The molecule has 2 atom stereocenters. The van der Waals surface area contributed by atoms with Gasteiger partial charge in [-0.25, -0.2) is 0 Å². The number of esters is 1. The number of methoxy groups -OCH3 is 1. The van der Waals surface area contributed by atoms with E-state index in [1.54, 1.807) is 12.1 Å². The summed E-state index contributed by atoms with van der Waals surface area (Å²) in [6, 6.07) is 7.27. The molecule has 0 radical (unpaired) electrons. The molecule has 1 aromatic rings. The Morgan fingerprint density at radius 1 is 1.17 bits per heavy atom. The number of hydrogen-bond donors (Lipinski definition) is 0. The summed E-state index contributed by atoms with van der Waals surface area (Å²) in [6.07, 6.45) is 2.43. The first-order chi connectivity index (χ1) is 8.63. The summed E-state index contributed by atoms with van der Waals surface area (Å²) < 4.78 is 5.71. The van der Waals surface area contributed by atoms with Gasteiger partial charge in [-0.15, -0.1) is 0 Å². The summed E-state index contributed by atoms with van der Waals surface area (Å²) in [5, 5.41) is 0. The number of rotatable bonds is 3. The minimum absolute atomic E-state index is 0.0513. The normalized spacial score (nSPS) is 22.8. The molecule has 1 aliphatic rings. The Bertz CT molecular complexity index is 453. The van der Waals surface area contributed by atoms with Crippen LogP contribution in [-0.2, 0) is 9.53 Å². The molecule has 18 heavy (non-hydrogen) atoms. The van der Waals surface area contributed by atoms with Crippen molar-refractivity contribution in [2.45, 2.75) is 19.3 Å². The average molecular weight is 311 g/mol. The van der Waals surface area contributed by atoms with E-state index in [4.69, 9.17) is 4.74 Å². The molecule has 0 bridgehead atoms. The standard InChI is InChI=1S/C14H15BrO3/c1-18-14(17)12-4-2-3-11(12)13(16)9-5-7-10(15)8-6-9/h5-8,11-12H,2-4H2,1H3/t11-,12+/m1/s1. The van der Waals surface area contributed by atoms with Gasteiger partial charge in [0.1, 0.15) is 0 Å². The van der Waals surface area contributed by atoms with Crippen molar-refractivity contribution in [3.05, 3.63) is 34.3 Å². The first kappa shape index (κ1) is 13.3. The fraction of sp³-hybridized carbons (Fsp3) is 0.429. The third kappa shape index (κ3) is 2.64. The van der Waals surface area contributed by atoms with Gasteiger partial charge in [0.05, 0.1) is 13.0 Å². The number of carbonyl (C=O) groups excluding carboxylic acids is 2. The van der Waals surface area contributed by atoms with Gasteiger partial charge in [-0.1, -0.05) is 34.5 Å². The maximum Gasteiger partial charge on any atom is 0.309 e. The molecule has 0 aliphatic heterocycles. The Hall–Kier alpha value is -1.16. The number of Topliss-reactive ketones (excluding diaryl/α,β-unsaturated/α-hetero) is 1. The molecule has 4 heteroatoms. The van der Waals surface area contributed by atoms with Crippen LogP contribution in [0, 0.1) is 11.8 Å². The quantitative estimate of drug-likeness (QED) is 0.636. The lowest BCUT2D eigenvalue weighted by Gasteiger charge is -2.16. The van der Waals surface area contributed by atoms with Crippen LogP contribution in [-0.4, -0.2) is 18.9 Å². The second kappa shape index (κ2) is 5.65. The smallest absolute Gasteiger partial charge is 0.309 e. The summed E-state index contributed by atoms with van der Waals surface area (Å²) in [5.74, 6) is -0.705. The Balaban J connectivity index is 2.17. The lowest BCUT2D eigenvalue weighted by molar-refractivity contribution is -0.146. The Labute approximate surface area is 115 Å². The molecule has 0 aromatic heterocycles. The second-order valence-electron chi connectivity index (χ2n) is 4.54. The molecule has 96 valence electrons. The van der Waals surface area contributed by atoms with Crippen LogP contribution >= 0.6 is 15.9 Å². The number of halogens is 1. The average Bonchev–Trinajstić information content (AvgIpc) is 2.87. The number of benzene rings is 1.